The van der Waals surface area contributed by atoms with Gasteiger partial charge in [-0.25, -0.2) is 9.97 Å². The van der Waals surface area contributed by atoms with Gasteiger partial charge in [-0.05, 0) is 37.3 Å². The van der Waals surface area contributed by atoms with Gasteiger partial charge >= 0.3 is 0 Å². The SMILES string of the molecule is CC(=O)N1CCC[C@@H](Cc2cnc(Nc3ccccn3)cn2)C1. The number of likely N-dealkylation sites (tertiary alicyclic amines) is 1. The summed E-state index contributed by atoms with van der Waals surface area (Å²) >= 11 is 0. The highest BCUT2D eigenvalue weighted by atomic mass is 16.2. The minimum atomic E-state index is 0.163. The molecule has 1 aliphatic heterocycles. The Kier molecular flexibility index (Phi) is 4.80. The molecule has 0 aromatic carbocycles. The minimum Gasteiger partial charge on any atom is -0.343 e. The maximum absolute atomic E-state index is 11.5. The first kappa shape index (κ1) is 15.4. The predicted molar refractivity (Wildman–Crippen MR) is 88.2 cm³/mol. The number of amides is 1. The summed E-state index contributed by atoms with van der Waals surface area (Å²) in [6, 6.07) is 5.67. The van der Waals surface area contributed by atoms with Gasteiger partial charge in [-0.15, -0.1) is 0 Å². The molecule has 3 rings (SSSR count). The van der Waals surface area contributed by atoms with Crippen molar-refractivity contribution in [2.24, 2.45) is 5.92 Å². The fraction of sp³-hybridized carbons (Fsp3) is 0.412. The molecule has 120 valence electrons. The molecule has 1 atom stereocenters. The first-order valence-electron chi connectivity index (χ1n) is 7.95. The second kappa shape index (κ2) is 7.17. The van der Waals surface area contributed by atoms with Crippen LogP contribution in [-0.2, 0) is 11.2 Å². The molecule has 0 aliphatic carbocycles. The van der Waals surface area contributed by atoms with Crippen LogP contribution in [0.4, 0.5) is 11.6 Å². The summed E-state index contributed by atoms with van der Waals surface area (Å²) in [6.07, 6.45) is 8.33. The zero-order valence-electron chi connectivity index (χ0n) is 13.3. The number of hydrogen-bond donors (Lipinski definition) is 1. The van der Waals surface area contributed by atoms with Crippen LogP contribution in [-0.4, -0.2) is 38.8 Å². The Hall–Kier alpha value is -2.50. The number of aromatic nitrogens is 3. The summed E-state index contributed by atoms with van der Waals surface area (Å²) in [7, 11) is 0. The standard InChI is InChI=1S/C17H21N5O/c1-13(23)22-8-4-5-14(12-22)9-15-10-20-17(11-19-15)21-16-6-2-3-7-18-16/h2-3,6-7,10-11,14H,4-5,8-9,12H2,1H3,(H,18,20,21)/t14-/m0/s1. The molecule has 2 aromatic rings. The number of carbonyl (C=O) groups is 1. The van der Waals surface area contributed by atoms with E-state index in [2.05, 4.69) is 20.3 Å². The first-order valence-corrected chi connectivity index (χ1v) is 7.95. The fourth-order valence-electron chi connectivity index (χ4n) is 2.91. The van der Waals surface area contributed by atoms with Crippen LogP contribution in [0.1, 0.15) is 25.5 Å². The highest BCUT2D eigenvalue weighted by Gasteiger charge is 2.22. The largest absolute Gasteiger partial charge is 0.343 e. The Bertz CT molecular complexity index is 644. The zero-order chi connectivity index (χ0) is 16.1. The number of carbonyl (C=O) groups excluding carboxylic acids is 1. The lowest BCUT2D eigenvalue weighted by atomic mass is 9.93. The van der Waals surface area contributed by atoms with Gasteiger partial charge < -0.3 is 10.2 Å². The number of hydrogen-bond acceptors (Lipinski definition) is 5. The molecule has 0 unspecified atom stereocenters. The van der Waals surface area contributed by atoms with E-state index in [-0.39, 0.29) is 5.91 Å². The van der Waals surface area contributed by atoms with Gasteiger partial charge in [0.1, 0.15) is 11.6 Å². The van der Waals surface area contributed by atoms with Crippen LogP contribution in [0, 0.1) is 5.92 Å². The maximum Gasteiger partial charge on any atom is 0.219 e. The third-order valence-corrected chi connectivity index (χ3v) is 4.09. The molecular weight excluding hydrogens is 290 g/mol. The van der Waals surface area contributed by atoms with E-state index >= 15 is 0 Å². The molecule has 1 saturated heterocycles. The number of pyridine rings is 1. The van der Waals surface area contributed by atoms with E-state index < -0.39 is 0 Å². The lowest BCUT2D eigenvalue weighted by Crippen LogP contribution is -2.39. The van der Waals surface area contributed by atoms with E-state index in [4.69, 9.17) is 0 Å². The summed E-state index contributed by atoms with van der Waals surface area (Å²) in [4.78, 5) is 26.5. The van der Waals surface area contributed by atoms with Crippen LogP contribution in [0.3, 0.4) is 0 Å². The molecule has 3 heterocycles. The van der Waals surface area contributed by atoms with Gasteiger partial charge in [0.25, 0.3) is 0 Å². The summed E-state index contributed by atoms with van der Waals surface area (Å²) in [5, 5.41) is 3.12. The van der Waals surface area contributed by atoms with Gasteiger partial charge in [-0.3, -0.25) is 9.78 Å². The Labute approximate surface area is 136 Å². The summed E-state index contributed by atoms with van der Waals surface area (Å²) in [5.74, 6) is 2.06. The van der Waals surface area contributed by atoms with E-state index in [1.165, 1.54) is 0 Å². The second-order valence-electron chi connectivity index (χ2n) is 5.91. The average Bonchev–Trinajstić information content (AvgIpc) is 2.58. The number of nitrogens with one attached hydrogen (secondary N) is 1. The molecule has 0 bridgehead atoms. The van der Waals surface area contributed by atoms with Crippen molar-refractivity contribution in [3.63, 3.8) is 0 Å². The summed E-state index contributed by atoms with van der Waals surface area (Å²) < 4.78 is 0. The van der Waals surface area contributed by atoms with Crippen molar-refractivity contribution in [1.82, 2.24) is 19.9 Å². The minimum absolute atomic E-state index is 0.163. The first-order chi connectivity index (χ1) is 11.2. The van der Waals surface area contributed by atoms with E-state index in [1.807, 2.05) is 23.1 Å². The second-order valence-corrected chi connectivity index (χ2v) is 5.91. The van der Waals surface area contributed by atoms with Crippen LogP contribution in [0.2, 0.25) is 0 Å². The number of nitrogens with zero attached hydrogens (tertiary/aromatic N) is 4. The van der Waals surface area contributed by atoms with Crippen LogP contribution >= 0.6 is 0 Å². The van der Waals surface area contributed by atoms with Gasteiger partial charge in [0.2, 0.25) is 5.91 Å². The molecular formula is C17H21N5O. The molecule has 0 spiro atoms. The molecule has 6 heteroatoms. The summed E-state index contributed by atoms with van der Waals surface area (Å²) in [5.41, 5.74) is 0.965. The Morgan fingerprint density at radius 1 is 1.26 bits per heavy atom. The monoisotopic (exact) mass is 311 g/mol. The molecule has 23 heavy (non-hydrogen) atoms. The number of anilines is 2. The zero-order valence-corrected chi connectivity index (χ0v) is 13.3. The Balaban J connectivity index is 1.58. The van der Waals surface area contributed by atoms with E-state index in [9.17, 15) is 4.79 Å². The lowest BCUT2D eigenvalue weighted by molar-refractivity contribution is -0.130. The van der Waals surface area contributed by atoms with Crippen molar-refractivity contribution in [3.8, 4) is 0 Å². The van der Waals surface area contributed by atoms with Crippen LogP contribution < -0.4 is 5.32 Å². The van der Waals surface area contributed by atoms with Crippen LogP contribution in [0.5, 0.6) is 0 Å². The number of piperidine rings is 1. The smallest absolute Gasteiger partial charge is 0.219 e. The Morgan fingerprint density at radius 2 is 2.17 bits per heavy atom. The molecule has 0 radical (unpaired) electrons. The van der Waals surface area contributed by atoms with Gasteiger partial charge in [-0.1, -0.05) is 6.07 Å². The third kappa shape index (κ3) is 4.25. The molecule has 1 N–H and O–H groups in total. The quantitative estimate of drug-likeness (QED) is 0.939. The van der Waals surface area contributed by atoms with Crippen molar-refractivity contribution < 1.29 is 4.79 Å². The Morgan fingerprint density at radius 3 is 2.87 bits per heavy atom. The van der Waals surface area contributed by atoms with Crippen molar-refractivity contribution >= 4 is 17.5 Å². The topological polar surface area (TPSA) is 71.0 Å². The molecule has 0 saturated carbocycles. The average molecular weight is 311 g/mol. The van der Waals surface area contributed by atoms with Crippen LogP contribution in [0.25, 0.3) is 0 Å². The third-order valence-electron chi connectivity index (χ3n) is 4.09. The van der Waals surface area contributed by atoms with E-state index in [1.54, 1.807) is 25.5 Å². The highest BCUT2D eigenvalue weighted by Crippen LogP contribution is 2.20. The van der Waals surface area contributed by atoms with Crippen molar-refractivity contribution in [2.45, 2.75) is 26.2 Å². The predicted octanol–water partition coefficient (Wildman–Crippen LogP) is 2.42. The molecule has 1 fully saturated rings. The van der Waals surface area contributed by atoms with Gasteiger partial charge in [0.15, 0.2) is 0 Å². The van der Waals surface area contributed by atoms with Crippen LogP contribution in [0.15, 0.2) is 36.8 Å². The van der Waals surface area contributed by atoms with Gasteiger partial charge in [0, 0.05) is 26.2 Å². The number of rotatable bonds is 4. The van der Waals surface area contributed by atoms with Crippen molar-refractivity contribution in [2.75, 3.05) is 18.4 Å². The molecule has 6 nitrogen and oxygen atoms in total. The van der Waals surface area contributed by atoms with Gasteiger partial charge in [0.05, 0.1) is 18.1 Å². The van der Waals surface area contributed by atoms with E-state index in [0.717, 1.165) is 43.9 Å². The van der Waals surface area contributed by atoms with Crippen molar-refractivity contribution in [3.05, 3.63) is 42.5 Å². The molecule has 1 aliphatic rings. The normalized spacial score (nSPS) is 17.8. The lowest BCUT2D eigenvalue weighted by Gasteiger charge is -2.31. The van der Waals surface area contributed by atoms with Crippen molar-refractivity contribution in [1.29, 1.82) is 0 Å². The van der Waals surface area contributed by atoms with Gasteiger partial charge in [-0.2, -0.15) is 0 Å². The van der Waals surface area contributed by atoms with E-state index in [0.29, 0.717) is 11.7 Å². The molecule has 1 amide bonds. The maximum atomic E-state index is 11.5. The summed E-state index contributed by atoms with van der Waals surface area (Å²) in [6.45, 7) is 3.34. The molecule has 2 aromatic heterocycles. The highest BCUT2D eigenvalue weighted by molar-refractivity contribution is 5.73. The fourth-order valence-corrected chi connectivity index (χ4v) is 2.91.